The highest BCUT2D eigenvalue weighted by atomic mass is 32.1. The molecule has 0 aromatic heterocycles. The third-order valence-electron chi connectivity index (χ3n) is 2.42. The molecule has 94 valence electrons. The van der Waals surface area contributed by atoms with Crippen molar-refractivity contribution < 1.29 is 18.4 Å². The maximum absolute atomic E-state index is 13.3. The molecule has 1 aliphatic heterocycles. The predicted molar refractivity (Wildman–Crippen MR) is 63.7 cm³/mol. The van der Waals surface area contributed by atoms with Crippen molar-refractivity contribution >= 4 is 34.8 Å². The Balaban J connectivity index is 2.19. The Hall–Kier alpha value is -1.89. The van der Waals surface area contributed by atoms with Gasteiger partial charge in [-0.1, -0.05) is 0 Å². The first kappa shape index (κ1) is 12.6. The minimum Gasteiger partial charge on any atom is -0.329 e. The molecular formula is C11H8F2N2O2S. The standard InChI is InChI=1S/C11H8F2N2O2S/c12-6-1-2-7(13)8(5-6)14-11(18)15-9(16)3-4-10(15)17/h1-2,5H,3-4H2,(H,14,18). The molecule has 0 bridgehead atoms. The lowest BCUT2D eigenvalue weighted by atomic mass is 10.3. The molecule has 0 spiro atoms. The molecule has 1 fully saturated rings. The summed E-state index contributed by atoms with van der Waals surface area (Å²) in [5, 5.41) is 2.11. The fourth-order valence-electron chi connectivity index (χ4n) is 1.57. The van der Waals surface area contributed by atoms with Crippen molar-refractivity contribution in [2.75, 3.05) is 5.32 Å². The van der Waals surface area contributed by atoms with Gasteiger partial charge in [0.15, 0.2) is 5.11 Å². The first-order valence-electron chi connectivity index (χ1n) is 5.11. The molecule has 1 saturated heterocycles. The minimum atomic E-state index is -0.724. The van der Waals surface area contributed by atoms with Gasteiger partial charge in [0.1, 0.15) is 11.6 Å². The highest BCUT2D eigenvalue weighted by Crippen LogP contribution is 2.18. The van der Waals surface area contributed by atoms with Gasteiger partial charge in [0.2, 0.25) is 11.8 Å². The van der Waals surface area contributed by atoms with Crippen molar-refractivity contribution in [1.29, 1.82) is 0 Å². The zero-order valence-corrected chi connectivity index (χ0v) is 9.89. The number of nitrogens with zero attached hydrogens (tertiary/aromatic N) is 1. The zero-order valence-electron chi connectivity index (χ0n) is 9.07. The molecule has 0 aliphatic carbocycles. The monoisotopic (exact) mass is 270 g/mol. The fraction of sp³-hybridized carbons (Fsp3) is 0.182. The normalized spacial score (nSPS) is 15.1. The molecule has 18 heavy (non-hydrogen) atoms. The van der Waals surface area contributed by atoms with E-state index in [-0.39, 0.29) is 23.6 Å². The largest absolute Gasteiger partial charge is 0.329 e. The van der Waals surface area contributed by atoms with Gasteiger partial charge in [-0.05, 0) is 24.4 Å². The average Bonchev–Trinajstić information content (AvgIpc) is 2.63. The van der Waals surface area contributed by atoms with E-state index in [1.807, 2.05) is 0 Å². The summed E-state index contributed by atoms with van der Waals surface area (Å²) in [7, 11) is 0. The highest BCUT2D eigenvalue weighted by molar-refractivity contribution is 7.80. The number of nitrogens with one attached hydrogen (secondary N) is 1. The van der Waals surface area contributed by atoms with Crippen LogP contribution in [-0.2, 0) is 9.59 Å². The van der Waals surface area contributed by atoms with Crippen molar-refractivity contribution in [3.8, 4) is 0 Å². The number of halogens is 2. The number of thiocarbonyl (C=S) groups is 1. The topological polar surface area (TPSA) is 49.4 Å². The molecule has 1 aliphatic rings. The molecule has 0 atom stereocenters. The maximum Gasteiger partial charge on any atom is 0.236 e. The summed E-state index contributed by atoms with van der Waals surface area (Å²) in [5.41, 5.74) is -0.215. The lowest BCUT2D eigenvalue weighted by Crippen LogP contribution is -2.38. The number of rotatable bonds is 1. The number of amides is 2. The minimum absolute atomic E-state index is 0.0757. The lowest BCUT2D eigenvalue weighted by molar-refractivity contribution is -0.133. The van der Waals surface area contributed by atoms with Crippen LogP contribution in [0.3, 0.4) is 0 Å². The van der Waals surface area contributed by atoms with E-state index < -0.39 is 23.4 Å². The first-order valence-corrected chi connectivity index (χ1v) is 5.51. The molecule has 0 radical (unpaired) electrons. The quantitative estimate of drug-likeness (QED) is 0.624. The van der Waals surface area contributed by atoms with Crippen LogP contribution in [0.15, 0.2) is 18.2 Å². The molecule has 1 heterocycles. The number of carbonyl (C=O) groups excluding carboxylic acids is 2. The van der Waals surface area contributed by atoms with E-state index in [2.05, 4.69) is 5.32 Å². The second-order valence-electron chi connectivity index (χ2n) is 3.68. The molecule has 2 amide bonds. The molecule has 1 aromatic rings. The van der Waals surface area contributed by atoms with Gasteiger partial charge >= 0.3 is 0 Å². The third-order valence-corrected chi connectivity index (χ3v) is 2.71. The predicted octanol–water partition coefficient (Wildman–Crippen LogP) is 1.81. The molecule has 1 aromatic carbocycles. The van der Waals surface area contributed by atoms with Crippen molar-refractivity contribution in [1.82, 2.24) is 4.90 Å². The molecule has 7 heteroatoms. The van der Waals surface area contributed by atoms with Gasteiger partial charge in [-0.3, -0.25) is 9.59 Å². The van der Waals surface area contributed by atoms with E-state index in [0.717, 1.165) is 23.1 Å². The first-order chi connectivity index (χ1) is 8.49. The van der Waals surface area contributed by atoms with Crippen molar-refractivity contribution in [3.63, 3.8) is 0 Å². The molecule has 1 N–H and O–H groups in total. The van der Waals surface area contributed by atoms with Crippen LogP contribution in [0.25, 0.3) is 0 Å². The van der Waals surface area contributed by atoms with E-state index in [9.17, 15) is 18.4 Å². The number of hydrogen-bond acceptors (Lipinski definition) is 3. The Bertz CT molecular complexity index is 532. The van der Waals surface area contributed by atoms with Gasteiger partial charge in [0.05, 0.1) is 5.69 Å². The molecule has 0 unspecified atom stereocenters. The van der Waals surface area contributed by atoms with Crippen molar-refractivity contribution in [3.05, 3.63) is 29.8 Å². The summed E-state index contributed by atoms with van der Waals surface area (Å²) in [4.78, 5) is 23.5. The van der Waals surface area contributed by atoms with E-state index in [1.54, 1.807) is 0 Å². The number of anilines is 1. The van der Waals surface area contributed by atoms with Crippen molar-refractivity contribution in [2.45, 2.75) is 12.8 Å². The SMILES string of the molecule is O=C1CCC(=O)N1C(=S)Nc1cc(F)ccc1F. The Morgan fingerprint density at radius 2 is 1.83 bits per heavy atom. The van der Waals surface area contributed by atoms with Gasteiger partial charge in [-0.25, -0.2) is 13.7 Å². The number of carbonyl (C=O) groups is 2. The Labute approximate surface area is 107 Å². The van der Waals surface area contributed by atoms with Crippen LogP contribution < -0.4 is 5.32 Å². The van der Waals surface area contributed by atoms with Crippen LogP contribution in [-0.4, -0.2) is 21.8 Å². The Morgan fingerprint density at radius 3 is 2.44 bits per heavy atom. The average molecular weight is 270 g/mol. The Kier molecular flexibility index (Phi) is 3.33. The third kappa shape index (κ3) is 2.35. The molecule has 4 nitrogen and oxygen atoms in total. The second-order valence-corrected chi connectivity index (χ2v) is 4.06. The van der Waals surface area contributed by atoms with Gasteiger partial charge < -0.3 is 5.32 Å². The number of benzene rings is 1. The summed E-state index contributed by atoms with van der Waals surface area (Å²) in [6.45, 7) is 0. The van der Waals surface area contributed by atoms with Crippen LogP contribution in [0.5, 0.6) is 0 Å². The Morgan fingerprint density at radius 1 is 1.22 bits per heavy atom. The lowest BCUT2D eigenvalue weighted by Gasteiger charge is -2.16. The highest BCUT2D eigenvalue weighted by Gasteiger charge is 2.32. The molecule has 2 rings (SSSR count). The summed E-state index contributed by atoms with van der Waals surface area (Å²) in [5.74, 6) is -2.28. The summed E-state index contributed by atoms with van der Waals surface area (Å²) < 4.78 is 26.3. The number of likely N-dealkylation sites (tertiary alicyclic amines) is 1. The summed E-state index contributed by atoms with van der Waals surface area (Å²) in [6.07, 6.45) is 0.151. The van der Waals surface area contributed by atoms with Crippen LogP contribution >= 0.6 is 12.2 Å². The summed E-state index contributed by atoms with van der Waals surface area (Å²) >= 11 is 4.84. The van der Waals surface area contributed by atoms with E-state index in [4.69, 9.17) is 12.2 Å². The van der Waals surface area contributed by atoms with Crippen LogP contribution in [0, 0.1) is 11.6 Å². The smallest absolute Gasteiger partial charge is 0.236 e. The van der Waals surface area contributed by atoms with Gasteiger partial charge in [0.25, 0.3) is 0 Å². The summed E-state index contributed by atoms with van der Waals surface area (Å²) in [6, 6.07) is 2.77. The zero-order chi connectivity index (χ0) is 13.3. The van der Waals surface area contributed by atoms with E-state index >= 15 is 0 Å². The van der Waals surface area contributed by atoms with E-state index in [0.29, 0.717) is 0 Å². The number of hydrogen-bond donors (Lipinski definition) is 1. The van der Waals surface area contributed by atoms with Gasteiger partial charge in [0, 0.05) is 18.9 Å². The second kappa shape index (κ2) is 4.77. The van der Waals surface area contributed by atoms with E-state index in [1.165, 1.54) is 0 Å². The van der Waals surface area contributed by atoms with Crippen LogP contribution in [0.4, 0.5) is 14.5 Å². The maximum atomic E-state index is 13.3. The number of imide groups is 1. The van der Waals surface area contributed by atoms with Gasteiger partial charge in [-0.2, -0.15) is 0 Å². The fourth-order valence-corrected chi connectivity index (χ4v) is 1.88. The molecule has 0 saturated carbocycles. The van der Waals surface area contributed by atoms with Crippen molar-refractivity contribution in [2.24, 2.45) is 0 Å². The van der Waals surface area contributed by atoms with Crippen LogP contribution in [0.2, 0.25) is 0 Å². The van der Waals surface area contributed by atoms with Crippen LogP contribution in [0.1, 0.15) is 12.8 Å². The molecular weight excluding hydrogens is 262 g/mol. The van der Waals surface area contributed by atoms with Gasteiger partial charge in [-0.15, -0.1) is 0 Å².